The van der Waals surface area contributed by atoms with Gasteiger partial charge in [0.25, 0.3) is 0 Å². The molecule has 11 heteroatoms. The van der Waals surface area contributed by atoms with Crippen molar-refractivity contribution in [3.8, 4) is 11.5 Å². The second kappa shape index (κ2) is 12.1. The smallest absolute Gasteiger partial charge is 1.00 e. The van der Waals surface area contributed by atoms with Crippen LogP contribution in [0.15, 0.2) is 24.3 Å². The molecular weight excluding hydrogens is 557 g/mol. The predicted octanol–water partition coefficient (Wildman–Crippen LogP) is 5.09. The van der Waals surface area contributed by atoms with E-state index < -0.39 is 32.4 Å². The summed E-state index contributed by atoms with van der Waals surface area (Å²) in [6, 6.07) is 7.57. The average Bonchev–Trinajstić information content (AvgIpc) is 2.67. The summed E-state index contributed by atoms with van der Waals surface area (Å²) >= 11 is 0. The van der Waals surface area contributed by atoms with Crippen LogP contribution < -0.4 is 27.9 Å². The molecule has 2 aromatic rings. The van der Waals surface area contributed by atoms with Crippen molar-refractivity contribution in [1.82, 2.24) is 0 Å². The Bertz CT molecular complexity index is 1250. The van der Waals surface area contributed by atoms with Gasteiger partial charge in [0.2, 0.25) is 0 Å². The normalized spacial score (nSPS) is 13.7. The summed E-state index contributed by atoms with van der Waals surface area (Å²) in [4.78, 5) is 39.7. The number of phosphoric acid groups is 2. The topological polar surface area (TPSA) is 134 Å². The summed E-state index contributed by atoms with van der Waals surface area (Å²) in [5.74, 6) is -0.515. The molecular formula is C30H49LiO8P2. The molecule has 228 valence electrons. The van der Waals surface area contributed by atoms with Crippen molar-refractivity contribution >= 4 is 15.6 Å². The third kappa shape index (κ3) is 9.99. The summed E-state index contributed by atoms with van der Waals surface area (Å²) in [6.45, 7) is 25.8. The number of hydrogen-bond acceptors (Lipinski definition) is 4. The quantitative estimate of drug-likeness (QED) is 0.264. The van der Waals surface area contributed by atoms with E-state index in [9.17, 15) is 28.7 Å². The van der Waals surface area contributed by atoms with Crippen LogP contribution in [0.4, 0.5) is 0 Å². The van der Waals surface area contributed by atoms with E-state index in [0.717, 1.165) is 11.1 Å². The Kier molecular flexibility index (Phi) is 11.2. The summed E-state index contributed by atoms with van der Waals surface area (Å²) in [6.07, 6.45) is 0. The average molecular weight is 607 g/mol. The van der Waals surface area contributed by atoms with E-state index in [1.165, 1.54) is 0 Å². The van der Waals surface area contributed by atoms with E-state index in [4.69, 9.17) is 9.05 Å². The molecule has 0 aromatic heterocycles. The standard InChI is InChI=1S/C30H48O8P2.Li.H/c1-18(21-14-19(27(2,3)4)16-23(29(8,9)10)25(21)37-39(31,32)33)22-15-20(28(5,6)7)17-24(30(11,12)13)26(22)38-40(34,35)36;;/h14-18H,1-13H3,(H2,31,32,33)(H2,34,35,36);;/q;+1;-1. The maximum absolute atomic E-state index is 12.2. The minimum Gasteiger partial charge on any atom is -1.00 e. The van der Waals surface area contributed by atoms with Crippen molar-refractivity contribution < 1.29 is 58.0 Å². The van der Waals surface area contributed by atoms with Crippen LogP contribution in [0.25, 0.3) is 0 Å². The Morgan fingerprint density at radius 2 is 0.854 bits per heavy atom. The minimum atomic E-state index is -4.97. The van der Waals surface area contributed by atoms with Crippen molar-refractivity contribution in [1.29, 1.82) is 0 Å². The molecule has 0 bridgehead atoms. The largest absolute Gasteiger partial charge is 1.00 e. The molecule has 0 radical (unpaired) electrons. The van der Waals surface area contributed by atoms with Crippen LogP contribution in [0.3, 0.4) is 0 Å². The van der Waals surface area contributed by atoms with E-state index in [2.05, 4.69) is 0 Å². The van der Waals surface area contributed by atoms with Gasteiger partial charge in [-0.2, -0.15) is 0 Å². The number of phosphoric ester groups is 2. The third-order valence-electron chi connectivity index (χ3n) is 6.94. The SMILES string of the molecule is CC(c1cc(C(C)(C)C)cc(C(C)(C)C)c1OP(=O)(O)O)c1cc(C(C)(C)C)cc(C(C)(C)C)c1OP(=O)(O)O.[H-].[Li+]. The van der Waals surface area contributed by atoms with E-state index in [0.29, 0.717) is 22.3 Å². The first-order chi connectivity index (χ1) is 17.5. The van der Waals surface area contributed by atoms with Gasteiger partial charge in [-0.3, -0.25) is 19.6 Å². The van der Waals surface area contributed by atoms with Crippen LogP contribution in [0.2, 0.25) is 0 Å². The van der Waals surface area contributed by atoms with Crippen molar-refractivity contribution in [2.75, 3.05) is 0 Å². The van der Waals surface area contributed by atoms with Gasteiger partial charge in [-0.15, -0.1) is 0 Å². The molecule has 0 fully saturated rings. The van der Waals surface area contributed by atoms with Crippen molar-refractivity contribution in [3.05, 3.63) is 57.6 Å². The van der Waals surface area contributed by atoms with Gasteiger partial charge in [0.15, 0.2) is 0 Å². The zero-order valence-electron chi connectivity index (χ0n) is 28.2. The zero-order chi connectivity index (χ0) is 31.4. The first-order valence-corrected chi connectivity index (χ1v) is 16.5. The molecule has 8 nitrogen and oxygen atoms in total. The molecule has 0 spiro atoms. The first kappa shape index (κ1) is 38.0. The molecule has 0 aliphatic rings. The Balaban J connectivity index is 0.00000840. The van der Waals surface area contributed by atoms with Gasteiger partial charge in [-0.25, -0.2) is 9.13 Å². The molecule has 0 unspecified atom stereocenters. The number of benzene rings is 2. The Morgan fingerprint density at radius 1 is 0.585 bits per heavy atom. The van der Waals surface area contributed by atoms with Gasteiger partial charge >= 0.3 is 34.5 Å². The fourth-order valence-corrected chi connectivity index (χ4v) is 5.42. The van der Waals surface area contributed by atoms with E-state index >= 15 is 0 Å². The Labute approximate surface area is 259 Å². The fourth-order valence-electron chi connectivity index (χ4n) is 4.54. The van der Waals surface area contributed by atoms with Crippen molar-refractivity contribution in [2.45, 2.75) is 118 Å². The number of rotatable bonds is 6. The van der Waals surface area contributed by atoms with Gasteiger partial charge in [0.1, 0.15) is 11.5 Å². The minimum absolute atomic E-state index is 0. The Hall–Kier alpha value is -1.06. The molecule has 0 heterocycles. The van der Waals surface area contributed by atoms with Crippen molar-refractivity contribution in [3.63, 3.8) is 0 Å². The van der Waals surface area contributed by atoms with E-state index in [1.54, 1.807) is 0 Å². The molecule has 0 saturated heterocycles. The first-order valence-electron chi connectivity index (χ1n) is 13.4. The van der Waals surface area contributed by atoms with Gasteiger partial charge in [-0.1, -0.05) is 114 Å². The maximum atomic E-state index is 12.2. The van der Waals surface area contributed by atoms with Crippen LogP contribution in [-0.2, 0) is 30.8 Å². The molecule has 0 saturated carbocycles. The molecule has 0 amide bonds. The van der Waals surface area contributed by atoms with Crippen LogP contribution in [0, 0.1) is 0 Å². The van der Waals surface area contributed by atoms with Gasteiger partial charge < -0.3 is 10.5 Å². The van der Waals surface area contributed by atoms with Gasteiger partial charge in [0, 0.05) is 28.2 Å². The molecule has 0 atom stereocenters. The predicted molar refractivity (Wildman–Crippen MR) is 162 cm³/mol. The van der Waals surface area contributed by atoms with Crippen LogP contribution in [-0.4, -0.2) is 19.6 Å². The van der Waals surface area contributed by atoms with Crippen LogP contribution >= 0.6 is 15.6 Å². The zero-order valence-corrected chi connectivity index (χ0v) is 29.0. The van der Waals surface area contributed by atoms with Crippen LogP contribution in [0.1, 0.15) is 131 Å². The summed E-state index contributed by atoms with van der Waals surface area (Å²) in [5.41, 5.74) is 2.34. The fraction of sp³-hybridized carbons (Fsp3) is 0.600. The Morgan fingerprint density at radius 3 is 1.05 bits per heavy atom. The van der Waals surface area contributed by atoms with E-state index in [1.807, 2.05) is 114 Å². The second-order valence-electron chi connectivity index (χ2n) is 14.8. The monoisotopic (exact) mass is 606 g/mol. The molecule has 0 aliphatic heterocycles. The number of hydrogen-bond donors (Lipinski definition) is 4. The van der Waals surface area contributed by atoms with E-state index in [-0.39, 0.29) is 42.6 Å². The summed E-state index contributed by atoms with van der Waals surface area (Å²) in [7, 11) is -9.94. The second-order valence-corrected chi connectivity index (χ2v) is 17.1. The van der Waals surface area contributed by atoms with Gasteiger partial charge in [0.05, 0.1) is 0 Å². The van der Waals surface area contributed by atoms with Crippen molar-refractivity contribution in [2.24, 2.45) is 0 Å². The van der Waals surface area contributed by atoms with Crippen LogP contribution in [0.5, 0.6) is 11.5 Å². The molecule has 2 rings (SSSR count). The molecule has 41 heavy (non-hydrogen) atoms. The molecule has 0 aliphatic carbocycles. The summed E-state index contributed by atoms with van der Waals surface area (Å²) < 4.78 is 35.3. The molecule has 2 aromatic carbocycles. The van der Waals surface area contributed by atoms with Gasteiger partial charge in [-0.05, 0) is 32.8 Å². The summed E-state index contributed by atoms with van der Waals surface area (Å²) in [5, 5.41) is 0. The maximum Gasteiger partial charge on any atom is 1.00 e. The third-order valence-corrected chi connectivity index (χ3v) is 7.78. The molecule has 4 N–H and O–H groups in total.